The minimum absolute atomic E-state index is 0.225. The molecule has 158 valence electrons. The number of hydrogen-bond donors (Lipinski definition) is 0. The van der Waals surface area contributed by atoms with Crippen LogP contribution in [0.25, 0.3) is 0 Å². The highest BCUT2D eigenvalue weighted by Crippen LogP contribution is 2.09. The summed E-state index contributed by atoms with van der Waals surface area (Å²) in [5.41, 5.74) is 1.09. The zero-order valence-electron chi connectivity index (χ0n) is 18.2. The average molecular weight is 612 g/mol. The molecule has 0 unspecified atom stereocenters. The maximum absolute atomic E-state index is 12.3. The van der Waals surface area contributed by atoms with E-state index >= 15 is 0 Å². The highest BCUT2D eigenvalue weighted by atomic mass is 128. The molecule has 4 nitrogen and oxygen atoms in total. The molecule has 0 atom stereocenters. The Morgan fingerprint density at radius 2 is 0.786 bits per heavy atom. The maximum Gasteiger partial charge on any atom is 0.272 e. The van der Waals surface area contributed by atoms with Crippen molar-refractivity contribution in [2.24, 2.45) is 0 Å². The van der Waals surface area contributed by atoms with E-state index < -0.39 is 0 Å². The smallest absolute Gasteiger partial charge is 0.267 e. The molecule has 0 N–H and O–H groups in total. The first-order chi connectivity index (χ1) is 13.6. The average Bonchev–Trinajstić information content (AvgIpc) is 2.83. The van der Waals surface area contributed by atoms with Crippen LogP contribution in [0.4, 0.5) is 0 Å². The summed E-state index contributed by atoms with van der Waals surface area (Å²) in [6, 6.07) is 17.7. The molecular weight excluding hydrogens is 578 g/mol. The molecule has 0 spiro atoms. The summed E-state index contributed by atoms with van der Waals surface area (Å²) in [4.78, 5) is 24.5. The predicted molar refractivity (Wildman–Crippen MR) is 139 cm³/mol. The van der Waals surface area contributed by atoms with Gasteiger partial charge in [0.25, 0.3) is 11.8 Å². The second kappa shape index (κ2) is 22.1. The van der Waals surface area contributed by atoms with Crippen LogP contribution in [-0.4, -0.2) is 35.9 Å². The van der Waals surface area contributed by atoms with Crippen LogP contribution in [0.15, 0.2) is 60.7 Å². The second-order valence-corrected chi connectivity index (χ2v) is 4.39. The quantitative estimate of drug-likeness (QED) is 0.264. The normalized spacial score (nSPS) is 7.93. The van der Waals surface area contributed by atoms with Gasteiger partial charge in [-0.15, -0.1) is 0 Å². The van der Waals surface area contributed by atoms with Gasteiger partial charge in [0, 0.05) is 62.5 Å². The first kappa shape index (κ1) is 31.5. The zero-order chi connectivity index (χ0) is 22.5. The third kappa shape index (κ3) is 11.6. The highest BCUT2D eigenvalue weighted by Gasteiger charge is 2.20. The molecular formula is C22H34I2N2O2. The van der Waals surface area contributed by atoms with Gasteiger partial charge < -0.3 is 0 Å². The van der Waals surface area contributed by atoms with E-state index in [2.05, 4.69) is 37.2 Å². The summed E-state index contributed by atoms with van der Waals surface area (Å²) in [5.74, 6) is -0.449. The Balaban J connectivity index is -0.000000695. The van der Waals surface area contributed by atoms with Gasteiger partial charge in [0.15, 0.2) is 0 Å². The molecule has 2 amide bonds. The van der Waals surface area contributed by atoms with E-state index in [0.717, 1.165) is 0 Å². The second-order valence-electron chi connectivity index (χ2n) is 4.39. The molecule has 0 aromatic heterocycles. The molecule has 0 heterocycles. The highest BCUT2D eigenvalue weighted by molar-refractivity contribution is 15.0. The Hall–Kier alpha value is -1.16. The van der Waals surface area contributed by atoms with Crippen LogP contribution in [0.3, 0.4) is 0 Å². The molecule has 0 aliphatic heterocycles. The van der Waals surface area contributed by atoms with E-state index in [1.165, 1.54) is 10.0 Å². The number of halogens is 2. The first-order valence-corrected chi connectivity index (χ1v) is 15.7. The van der Waals surface area contributed by atoms with Crippen molar-refractivity contribution in [2.75, 3.05) is 14.1 Å². The van der Waals surface area contributed by atoms with Gasteiger partial charge >= 0.3 is 0 Å². The van der Waals surface area contributed by atoms with E-state index in [9.17, 15) is 9.59 Å². The summed E-state index contributed by atoms with van der Waals surface area (Å²) in [6.07, 6.45) is 0. The molecule has 6 heteroatoms. The van der Waals surface area contributed by atoms with Gasteiger partial charge in [0.05, 0.1) is 0 Å². The standard InChI is InChI=1S/C16H16N2O2.3C2H6.I2/c1-17(15(19)13-9-5-3-6-10-13)18(2)16(20)14-11-7-4-8-12-14;4*1-2/h3-12H,1-2H3;3*1-2H3;. The number of benzene rings is 2. The summed E-state index contributed by atoms with van der Waals surface area (Å²) in [7, 11) is 3.16. The Morgan fingerprint density at radius 1 is 0.571 bits per heavy atom. The van der Waals surface area contributed by atoms with Crippen molar-refractivity contribution < 1.29 is 9.59 Å². The minimum Gasteiger partial charge on any atom is -0.267 e. The van der Waals surface area contributed by atoms with E-state index in [1.54, 1.807) is 62.6 Å². The van der Waals surface area contributed by atoms with Crippen LogP contribution in [0.5, 0.6) is 0 Å². The van der Waals surface area contributed by atoms with E-state index in [4.69, 9.17) is 0 Å². The number of hydrogen-bond acceptors (Lipinski definition) is 2. The summed E-state index contributed by atoms with van der Waals surface area (Å²) >= 11 is 4.24. The van der Waals surface area contributed by atoms with Gasteiger partial charge in [-0.2, -0.15) is 0 Å². The lowest BCUT2D eigenvalue weighted by molar-refractivity contribution is 0.0186. The van der Waals surface area contributed by atoms with Gasteiger partial charge in [-0.05, 0) is 24.3 Å². The van der Waals surface area contributed by atoms with Crippen molar-refractivity contribution in [1.82, 2.24) is 10.0 Å². The van der Waals surface area contributed by atoms with Gasteiger partial charge in [0.2, 0.25) is 0 Å². The molecule has 0 radical (unpaired) electrons. The SMILES string of the molecule is CC.CC.CC.CN(C(=O)c1ccccc1)N(C)C(=O)c1ccccc1.II. The lowest BCUT2D eigenvalue weighted by Crippen LogP contribution is -2.44. The van der Waals surface area contributed by atoms with E-state index in [0.29, 0.717) is 11.1 Å². The minimum atomic E-state index is -0.225. The predicted octanol–water partition coefficient (Wildman–Crippen LogP) is 7.30. The summed E-state index contributed by atoms with van der Waals surface area (Å²) in [6.45, 7) is 12.0. The van der Waals surface area contributed by atoms with Gasteiger partial charge in [-0.25, -0.2) is 0 Å². The van der Waals surface area contributed by atoms with Crippen LogP contribution in [0.1, 0.15) is 62.3 Å². The molecule has 2 aromatic carbocycles. The third-order valence-corrected chi connectivity index (χ3v) is 3.08. The van der Waals surface area contributed by atoms with Crippen LogP contribution in [0.2, 0.25) is 0 Å². The van der Waals surface area contributed by atoms with E-state index in [-0.39, 0.29) is 11.8 Å². The first-order valence-electron chi connectivity index (χ1n) is 9.41. The monoisotopic (exact) mass is 612 g/mol. The van der Waals surface area contributed by atoms with Gasteiger partial charge in [-0.3, -0.25) is 19.6 Å². The number of carbonyl (C=O) groups excluding carboxylic acids is 2. The number of nitrogens with zero attached hydrogens (tertiary/aromatic N) is 2. The fourth-order valence-corrected chi connectivity index (χ4v) is 1.81. The van der Waals surface area contributed by atoms with Crippen LogP contribution in [-0.2, 0) is 0 Å². The largest absolute Gasteiger partial charge is 0.272 e. The fraction of sp³-hybridized carbons (Fsp3) is 0.364. The van der Waals surface area contributed by atoms with Crippen LogP contribution >= 0.6 is 37.2 Å². The van der Waals surface area contributed by atoms with Crippen molar-refractivity contribution in [1.29, 1.82) is 0 Å². The molecule has 0 saturated carbocycles. The van der Waals surface area contributed by atoms with Crippen molar-refractivity contribution in [3.05, 3.63) is 71.8 Å². The molecule has 0 fully saturated rings. The lowest BCUT2D eigenvalue weighted by Gasteiger charge is -2.28. The van der Waals surface area contributed by atoms with Crippen molar-refractivity contribution in [2.45, 2.75) is 41.5 Å². The Morgan fingerprint density at radius 3 is 1.00 bits per heavy atom. The van der Waals surface area contributed by atoms with Crippen molar-refractivity contribution in [3.63, 3.8) is 0 Å². The van der Waals surface area contributed by atoms with E-state index in [1.807, 2.05) is 53.7 Å². The number of rotatable bonds is 2. The zero-order valence-corrected chi connectivity index (χ0v) is 22.6. The Bertz CT molecular complexity index is 553. The Kier molecular flexibility index (Phi) is 24.9. The molecule has 28 heavy (non-hydrogen) atoms. The summed E-state index contributed by atoms with van der Waals surface area (Å²) in [5, 5.41) is 2.62. The van der Waals surface area contributed by atoms with Crippen LogP contribution in [0, 0.1) is 0 Å². The van der Waals surface area contributed by atoms with Crippen molar-refractivity contribution in [3.8, 4) is 0 Å². The number of carbonyl (C=O) groups is 2. The Labute approximate surface area is 195 Å². The molecule has 0 aliphatic carbocycles. The fourth-order valence-electron chi connectivity index (χ4n) is 1.81. The molecule has 0 aliphatic rings. The molecule has 0 bridgehead atoms. The molecule has 2 rings (SSSR count). The van der Waals surface area contributed by atoms with Gasteiger partial charge in [0.1, 0.15) is 0 Å². The van der Waals surface area contributed by atoms with Crippen molar-refractivity contribution >= 4 is 49.0 Å². The molecule has 2 aromatic rings. The summed E-state index contributed by atoms with van der Waals surface area (Å²) < 4.78 is 0. The third-order valence-electron chi connectivity index (χ3n) is 3.08. The lowest BCUT2D eigenvalue weighted by atomic mass is 10.2. The topological polar surface area (TPSA) is 40.6 Å². The maximum atomic E-state index is 12.3. The molecule has 0 saturated heterocycles. The van der Waals surface area contributed by atoms with Crippen LogP contribution < -0.4 is 0 Å². The van der Waals surface area contributed by atoms with Gasteiger partial charge in [-0.1, -0.05) is 77.9 Å². The number of amides is 2. The number of hydrazine groups is 1.